The van der Waals surface area contributed by atoms with Crippen LogP contribution in [0.5, 0.6) is 0 Å². The van der Waals surface area contributed by atoms with Crippen LogP contribution >= 0.6 is 0 Å². The zero-order valence-corrected chi connectivity index (χ0v) is 13.7. The van der Waals surface area contributed by atoms with Crippen molar-refractivity contribution in [3.8, 4) is 0 Å². The fourth-order valence-electron chi connectivity index (χ4n) is 2.61. The summed E-state index contributed by atoms with van der Waals surface area (Å²) in [5.41, 5.74) is 1.08. The largest absolute Gasteiger partial charge is 0.396 e. The average Bonchev–Trinajstić information content (AvgIpc) is 2.53. The number of aliphatic hydroxyl groups excluding tert-OH is 1. The summed E-state index contributed by atoms with van der Waals surface area (Å²) < 4.78 is 13.1. The topological polar surface area (TPSA) is 32.3 Å². The lowest BCUT2D eigenvalue weighted by molar-refractivity contribution is 0.109. The number of nitrogens with one attached hydrogen (secondary N) is 1. The summed E-state index contributed by atoms with van der Waals surface area (Å²) in [6, 6.07) is 7.00. The molecule has 0 amide bonds. The van der Waals surface area contributed by atoms with E-state index in [-0.39, 0.29) is 23.9 Å². The van der Waals surface area contributed by atoms with Gasteiger partial charge in [0.05, 0.1) is 0 Å². The lowest BCUT2D eigenvalue weighted by Gasteiger charge is -2.32. The lowest BCUT2D eigenvalue weighted by atomic mass is 9.82. The van der Waals surface area contributed by atoms with E-state index in [1.54, 1.807) is 0 Å². The molecule has 0 aliphatic heterocycles. The van der Waals surface area contributed by atoms with Gasteiger partial charge < -0.3 is 10.4 Å². The first-order valence-electron chi connectivity index (χ1n) is 8.20. The number of aliphatic hydroxyl groups is 1. The van der Waals surface area contributed by atoms with Gasteiger partial charge >= 0.3 is 0 Å². The molecule has 1 rings (SSSR count). The number of benzene rings is 1. The summed E-state index contributed by atoms with van der Waals surface area (Å²) in [5, 5.41) is 13.3. The number of halogens is 1. The van der Waals surface area contributed by atoms with Gasteiger partial charge in [-0.2, -0.15) is 0 Å². The van der Waals surface area contributed by atoms with Gasteiger partial charge in [-0.25, -0.2) is 4.39 Å². The van der Waals surface area contributed by atoms with Crippen molar-refractivity contribution in [3.63, 3.8) is 0 Å². The lowest BCUT2D eigenvalue weighted by Crippen LogP contribution is -2.38. The highest BCUT2D eigenvalue weighted by atomic mass is 19.1. The van der Waals surface area contributed by atoms with E-state index in [1.165, 1.54) is 12.1 Å². The number of hydrogen-bond donors (Lipinski definition) is 2. The first-order valence-corrected chi connectivity index (χ1v) is 8.20. The molecule has 21 heavy (non-hydrogen) atoms. The molecule has 0 radical (unpaired) electrons. The van der Waals surface area contributed by atoms with E-state index in [0.717, 1.165) is 44.2 Å². The molecule has 0 saturated heterocycles. The van der Waals surface area contributed by atoms with E-state index >= 15 is 0 Å². The first kappa shape index (κ1) is 18.1. The maximum absolute atomic E-state index is 13.1. The molecule has 0 aromatic heterocycles. The Bertz CT molecular complexity index is 378. The van der Waals surface area contributed by atoms with Gasteiger partial charge in [0.2, 0.25) is 0 Å². The monoisotopic (exact) mass is 295 g/mol. The first-order chi connectivity index (χ1) is 10.1. The fraction of sp³-hybridized carbons (Fsp3) is 0.667. The van der Waals surface area contributed by atoms with Gasteiger partial charge in [0.1, 0.15) is 5.82 Å². The van der Waals surface area contributed by atoms with Crippen LogP contribution in [0.15, 0.2) is 24.3 Å². The second-order valence-corrected chi connectivity index (χ2v) is 5.99. The minimum atomic E-state index is -0.195. The van der Waals surface area contributed by atoms with Crippen molar-refractivity contribution in [2.45, 2.75) is 58.9 Å². The summed E-state index contributed by atoms with van der Waals surface area (Å²) in [6.45, 7) is 7.43. The summed E-state index contributed by atoms with van der Waals surface area (Å²) in [6.07, 6.45) is 5.23. The van der Waals surface area contributed by atoms with Gasteiger partial charge in [-0.1, -0.05) is 45.7 Å². The second-order valence-electron chi connectivity index (χ2n) is 5.99. The van der Waals surface area contributed by atoms with Crippen LogP contribution in [0.1, 0.15) is 64.5 Å². The molecule has 1 aromatic carbocycles. The fourth-order valence-corrected chi connectivity index (χ4v) is 2.61. The minimum absolute atomic E-state index is 0.0511. The van der Waals surface area contributed by atoms with E-state index < -0.39 is 0 Å². The Morgan fingerprint density at radius 1 is 1.14 bits per heavy atom. The van der Waals surface area contributed by atoms with Crippen LogP contribution in [0.25, 0.3) is 0 Å². The maximum atomic E-state index is 13.1. The summed E-state index contributed by atoms with van der Waals surface area (Å²) in [4.78, 5) is 0. The van der Waals surface area contributed by atoms with Gasteiger partial charge in [0.15, 0.2) is 0 Å². The molecule has 0 heterocycles. The van der Waals surface area contributed by atoms with Crippen molar-refractivity contribution < 1.29 is 9.50 Å². The molecule has 2 N–H and O–H groups in total. The molecule has 0 fully saturated rings. The average molecular weight is 295 g/mol. The highest BCUT2D eigenvalue weighted by Crippen LogP contribution is 2.27. The maximum Gasteiger partial charge on any atom is 0.123 e. The van der Waals surface area contributed by atoms with Crippen LogP contribution in [0.3, 0.4) is 0 Å². The minimum Gasteiger partial charge on any atom is -0.396 e. The van der Waals surface area contributed by atoms with E-state index in [1.807, 2.05) is 12.1 Å². The van der Waals surface area contributed by atoms with Crippen LogP contribution in [-0.2, 0) is 0 Å². The highest BCUT2D eigenvalue weighted by molar-refractivity contribution is 5.20. The molecule has 0 aliphatic rings. The third-order valence-electron chi connectivity index (χ3n) is 4.68. The van der Waals surface area contributed by atoms with Gasteiger partial charge in [-0.15, -0.1) is 0 Å². The quantitative estimate of drug-likeness (QED) is 0.668. The Morgan fingerprint density at radius 2 is 1.76 bits per heavy atom. The summed E-state index contributed by atoms with van der Waals surface area (Å²) in [7, 11) is 0. The van der Waals surface area contributed by atoms with Crippen LogP contribution in [0, 0.1) is 11.2 Å². The number of rotatable bonds is 10. The van der Waals surface area contributed by atoms with Crippen molar-refractivity contribution in [1.82, 2.24) is 5.32 Å². The summed E-state index contributed by atoms with van der Waals surface area (Å²) in [5.74, 6) is -0.195. The smallest absolute Gasteiger partial charge is 0.123 e. The molecule has 0 spiro atoms. The normalized spacial score (nSPS) is 13.4. The third-order valence-corrected chi connectivity index (χ3v) is 4.68. The van der Waals surface area contributed by atoms with Crippen LogP contribution in [-0.4, -0.2) is 18.3 Å². The summed E-state index contributed by atoms with van der Waals surface area (Å²) >= 11 is 0. The Labute approximate surface area is 128 Å². The Kier molecular flexibility index (Phi) is 7.91. The molecule has 1 unspecified atom stereocenters. The van der Waals surface area contributed by atoms with Crippen molar-refractivity contribution in [3.05, 3.63) is 35.6 Å². The molecule has 0 saturated carbocycles. The van der Waals surface area contributed by atoms with Gasteiger partial charge in [0, 0.05) is 24.6 Å². The van der Waals surface area contributed by atoms with Crippen LogP contribution in [0.2, 0.25) is 0 Å². The van der Waals surface area contributed by atoms with Crippen molar-refractivity contribution in [2.75, 3.05) is 13.2 Å². The van der Waals surface area contributed by atoms with Gasteiger partial charge in [-0.05, 0) is 37.0 Å². The van der Waals surface area contributed by atoms with E-state index in [2.05, 4.69) is 26.1 Å². The zero-order valence-electron chi connectivity index (χ0n) is 13.7. The Hall–Kier alpha value is -0.930. The predicted molar refractivity (Wildman–Crippen MR) is 86.8 cm³/mol. The molecule has 1 aromatic rings. The molecule has 1 atom stereocenters. The van der Waals surface area contributed by atoms with E-state index in [9.17, 15) is 9.50 Å². The van der Waals surface area contributed by atoms with Crippen molar-refractivity contribution >= 4 is 0 Å². The molecular formula is C18H30FNO. The van der Waals surface area contributed by atoms with E-state index in [0.29, 0.717) is 0 Å². The molecular weight excluding hydrogens is 265 g/mol. The molecule has 0 aliphatic carbocycles. The number of unbranched alkanes of at least 4 members (excludes halogenated alkanes) is 1. The SMILES string of the molecule is CCCCC(NCC(CC)(CC)CO)c1ccc(F)cc1. The standard InChI is InChI=1S/C18H30FNO/c1-4-7-8-17(15-9-11-16(19)12-10-15)20-13-18(5-2,6-3)14-21/h9-12,17,20-21H,4-8,13-14H2,1-3H3. The molecule has 3 heteroatoms. The third kappa shape index (κ3) is 5.40. The molecule has 0 bridgehead atoms. The Morgan fingerprint density at radius 3 is 2.24 bits per heavy atom. The highest BCUT2D eigenvalue weighted by Gasteiger charge is 2.26. The second kappa shape index (κ2) is 9.16. The van der Waals surface area contributed by atoms with Crippen LogP contribution in [0.4, 0.5) is 4.39 Å². The van der Waals surface area contributed by atoms with Crippen LogP contribution < -0.4 is 5.32 Å². The number of hydrogen-bond acceptors (Lipinski definition) is 2. The van der Waals surface area contributed by atoms with Crippen molar-refractivity contribution in [1.29, 1.82) is 0 Å². The molecule has 2 nitrogen and oxygen atoms in total. The van der Waals surface area contributed by atoms with Gasteiger partial charge in [-0.3, -0.25) is 0 Å². The molecule has 120 valence electrons. The van der Waals surface area contributed by atoms with Crippen molar-refractivity contribution in [2.24, 2.45) is 5.41 Å². The zero-order chi connectivity index (χ0) is 15.7. The van der Waals surface area contributed by atoms with Gasteiger partial charge in [0.25, 0.3) is 0 Å². The predicted octanol–water partition coefficient (Wildman–Crippen LogP) is 4.45. The Balaban J connectivity index is 2.76. The van der Waals surface area contributed by atoms with E-state index in [4.69, 9.17) is 0 Å².